The van der Waals surface area contributed by atoms with E-state index in [4.69, 9.17) is 0 Å². The monoisotopic (exact) mass is 509 g/mol. The zero-order chi connectivity index (χ0) is 26.0. The Morgan fingerprint density at radius 2 is 1.75 bits per heavy atom. The Kier molecular flexibility index (Phi) is 7.30. The molecule has 1 aromatic heterocycles. The Morgan fingerprint density at radius 3 is 2.42 bits per heavy atom. The highest BCUT2D eigenvalue weighted by Crippen LogP contribution is 2.32. The minimum absolute atomic E-state index is 0.111. The summed E-state index contributed by atoms with van der Waals surface area (Å²) in [7, 11) is 0. The molecule has 0 aliphatic rings. The van der Waals surface area contributed by atoms with Crippen LogP contribution in [0.3, 0.4) is 0 Å². The van der Waals surface area contributed by atoms with E-state index >= 15 is 0 Å². The summed E-state index contributed by atoms with van der Waals surface area (Å²) in [5.74, 6) is -2.28. The number of fused-ring (bicyclic) bond motifs is 1. The number of carboxylic acids is 1. The average molecular weight is 510 g/mol. The van der Waals surface area contributed by atoms with Crippen molar-refractivity contribution in [3.8, 4) is 11.1 Å². The lowest BCUT2D eigenvalue weighted by molar-refractivity contribution is -0.139. The topological polar surface area (TPSA) is 91.3 Å². The van der Waals surface area contributed by atoms with Crippen LogP contribution in [0.25, 0.3) is 21.3 Å². The number of benzene rings is 3. The zero-order valence-electron chi connectivity index (χ0n) is 19.9. The van der Waals surface area contributed by atoms with Crippen LogP contribution in [0.1, 0.15) is 36.2 Å². The van der Waals surface area contributed by atoms with Gasteiger partial charge in [0.2, 0.25) is 0 Å². The van der Waals surface area contributed by atoms with Crippen molar-refractivity contribution in [2.45, 2.75) is 33.2 Å². The van der Waals surface area contributed by atoms with Crippen LogP contribution in [-0.2, 0) is 4.79 Å². The van der Waals surface area contributed by atoms with Crippen molar-refractivity contribution in [1.82, 2.24) is 10.3 Å². The van der Waals surface area contributed by atoms with E-state index in [1.165, 1.54) is 29.5 Å². The van der Waals surface area contributed by atoms with E-state index < -0.39 is 23.7 Å². The number of aryl methyl sites for hydroxylation is 1. The Labute approximate surface area is 211 Å². The SMILES string of the molecule is Cc1cc(-c2ccc(Nc3nc4ccc(F)cc4s3)c(F)c2)ccc1C(=O)N[C@@H](CC(C)C)C(=O)O. The van der Waals surface area contributed by atoms with Gasteiger partial charge in [-0.2, -0.15) is 0 Å². The van der Waals surface area contributed by atoms with Gasteiger partial charge in [0.15, 0.2) is 5.13 Å². The Balaban J connectivity index is 1.51. The molecular weight excluding hydrogens is 484 g/mol. The predicted octanol–water partition coefficient (Wildman–Crippen LogP) is 6.52. The maximum Gasteiger partial charge on any atom is 0.326 e. The van der Waals surface area contributed by atoms with E-state index in [0.717, 1.165) is 0 Å². The van der Waals surface area contributed by atoms with E-state index in [0.29, 0.717) is 44.0 Å². The van der Waals surface area contributed by atoms with E-state index in [1.807, 2.05) is 13.8 Å². The molecule has 186 valence electrons. The van der Waals surface area contributed by atoms with Crippen LogP contribution >= 0.6 is 11.3 Å². The van der Waals surface area contributed by atoms with E-state index in [9.17, 15) is 23.5 Å². The Hall–Kier alpha value is -3.85. The summed E-state index contributed by atoms with van der Waals surface area (Å²) < 4.78 is 29.0. The van der Waals surface area contributed by atoms with Gasteiger partial charge in [0, 0.05) is 5.56 Å². The van der Waals surface area contributed by atoms with Gasteiger partial charge in [-0.3, -0.25) is 4.79 Å². The molecule has 36 heavy (non-hydrogen) atoms. The second kappa shape index (κ2) is 10.4. The largest absolute Gasteiger partial charge is 0.480 e. The first-order valence-electron chi connectivity index (χ1n) is 11.4. The normalized spacial score (nSPS) is 12.1. The van der Waals surface area contributed by atoms with Gasteiger partial charge in [-0.05, 0) is 72.4 Å². The third kappa shape index (κ3) is 5.68. The number of aromatic nitrogens is 1. The summed E-state index contributed by atoms with van der Waals surface area (Å²) in [6, 6.07) is 13.1. The first-order valence-corrected chi connectivity index (χ1v) is 12.2. The minimum atomic E-state index is -1.08. The number of aliphatic carboxylic acids is 1. The number of carboxylic acid groups (broad SMARTS) is 1. The van der Waals surface area contributed by atoms with Crippen molar-refractivity contribution in [2.75, 3.05) is 5.32 Å². The van der Waals surface area contributed by atoms with Crippen molar-refractivity contribution in [1.29, 1.82) is 0 Å². The van der Waals surface area contributed by atoms with Crippen LogP contribution in [0.2, 0.25) is 0 Å². The van der Waals surface area contributed by atoms with Crippen molar-refractivity contribution in [3.05, 3.63) is 77.4 Å². The van der Waals surface area contributed by atoms with Crippen LogP contribution in [-0.4, -0.2) is 28.0 Å². The molecule has 0 aliphatic carbocycles. The van der Waals surface area contributed by atoms with Gasteiger partial charge in [0.05, 0.1) is 15.9 Å². The van der Waals surface area contributed by atoms with Crippen molar-refractivity contribution in [3.63, 3.8) is 0 Å². The fraction of sp³-hybridized carbons (Fsp3) is 0.222. The van der Waals surface area contributed by atoms with Crippen LogP contribution in [0.15, 0.2) is 54.6 Å². The molecule has 9 heteroatoms. The molecule has 0 fully saturated rings. The number of anilines is 2. The maximum atomic E-state index is 14.9. The van der Waals surface area contributed by atoms with Gasteiger partial charge in [0.1, 0.15) is 17.7 Å². The summed E-state index contributed by atoms with van der Waals surface area (Å²) >= 11 is 1.23. The number of halogens is 2. The molecule has 0 saturated heterocycles. The molecule has 0 unspecified atom stereocenters. The van der Waals surface area contributed by atoms with E-state index in [-0.39, 0.29) is 17.4 Å². The molecule has 0 saturated carbocycles. The highest BCUT2D eigenvalue weighted by atomic mass is 32.1. The molecule has 1 amide bonds. The zero-order valence-corrected chi connectivity index (χ0v) is 20.7. The lowest BCUT2D eigenvalue weighted by Gasteiger charge is -2.17. The van der Waals surface area contributed by atoms with Gasteiger partial charge in [-0.15, -0.1) is 0 Å². The number of nitrogens with zero attached hydrogens (tertiary/aromatic N) is 1. The summed E-state index contributed by atoms with van der Waals surface area (Å²) in [5.41, 5.74) is 3.18. The number of carbonyl (C=O) groups is 2. The standard InChI is InChI=1S/C27H25F2N3O3S/c1-14(2)10-23(26(34)35)30-25(33)19-7-4-16(11-15(19)3)17-5-8-21(20(29)12-17)31-27-32-22-9-6-18(28)13-24(22)36-27/h4-9,11-14,23H,10H2,1-3H3,(H,30,33)(H,31,32)(H,34,35)/t23-/m0/s1. The molecule has 0 spiro atoms. The highest BCUT2D eigenvalue weighted by molar-refractivity contribution is 7.22. The molecule has 4 rings (SSSR count). The first-order chi connectivity index (χ1) is 17.1. The van der Waals surface area contributed by atoms with Gasteiger partial charge in [0.25, 0.3) is 5.91 Å². The number of thiazole rings is 1. The molecule has 6 nitrogen and oxygen atoms in total. The Morgan fingerprint density at radius 1 is 1.03 bits per heavy atom. The number of carbonyl (C=O) groups excluding carboxylic acids is 1. The average Bonchev–Trinajstić information content (AvgIpc) is 3.20. The molecule has 1 atom stereocenters. The van der Waals surface area contributed by atoms with Crippen LogP contribution in [0, 0.1) is 24.5 Å². The summed E-state index contributed by atoms with van der Waals surface area (Å²) in [4.78, 5) is 28.5. The fourth-order valence-electron chi connectivity index (χ4n) is 3.89. The van der Waals surface area contributed by atoms with Crippen LogP contribution < -0.4 is 10.6 Å². The number of rotatable bonds is 8. The number of hydrogen-bond acceptors (Lipinski definition) is 5. The molecule has 0 aliphatic heterocycles. The maximum absolute atomic E-state index is 14.9. The van der Waals surface area contributed by atoms with Gasteiger partial charge in [-0.25, -0.2) is 18.6 Å². The molecule has 3 aromatic carbocycles. The number of amides is 1. The quantitative estimate of drug-likeness (QED) is 0.251. The third-order valence-electron chi connectivity index (χ3n) is 5.68. The molecular formula is C27H25F2N3O3S. The van der Waals surface area contributed by atoms with Crippen molar-refractivity contribution in [2.24, 2.45) is 5.92 Å². The second-order valence-corrected chi connectivity index (χ2v) is 10.0. The first kappa shape index (κ1) is 25.2. The second-order valence-electron chi connectivity index (χ2n) is 8.97. The number of hydrogen-bond donors (Lipinski definition) is 3. The molecule has 4 aromatic rings. The molecule has 0 radical (unpaired) electrons. The number of nitrogens with one attached hydrogen (secondary N) is 2. The smallest absolute Gasteiger partial charge is 0.326 e. The van der Waals surface area contributed by atoms with E-state index in [2.05, 4.69) is 15.6 Å². The Bertz CT molecular complexity index is 1450. The molecule has 3 N–H and O–H groups in total. The summed E-state index contributed by atoms with van der Waals surface area (Å²) in [6.07, 6.45) is 0.325. The highest BCUT2D eigenvalue weighted by Gasteiger charge is 2.22. The van der Waals surface area contributed by atoms with Gasteiger partial charge < -0.3 is 15.7 Å². The molecule has 1 heterocycles. The van der Waals surface area contributed by atoms with E-state index in [1.54, 1.807) is 43.3 Å². The third-order valence-corrected chi connectivity index (χ3v) is 6.61. The fourth-order valence-corrected chi connectivity index (χ4v) is 4.79. The summed E-state index contributed by atoms with van der Waals surface area (Å²) in [5, 5.41) is 15.4. The van der Waals surface area contributed by atoms with Crippen LogP contribution in [0.5, 0.6) is 0 Å². The van der Waals surface area contributed by atoms with Crippen LogP contribution in [0.4, 0.5) is 19.6 Å². The predicted molar refractivity (Wildman–Crippen MR) is 138 cm³/mol. The lowest BCUT2D eigenvalue weighted by atomic mass is 9.98. The minimum Gasteiger partial charge on any atom is -0.480 e. The van der Waals surface area contributed by atoms with Gasteiger partial charge >= 0.3 is 5.97 Å². The molecule has 0 bridgehead atoms. The van der Waals surface area contributed by atoms with Gasteiger partial charge in [-0.1, -0.05) is 43.4 Å². The van der Waals surface area contributed by atoms with Crippen molar-refractivity contribution >= 4 is 44.2 Å². The van der Waals surface area contributed by atoms with Crippen molar-refractivity contribution < 1.29 is 23.5 Å². The summed E-state index contributed by atoms with van der Waals surface area (Å²) in [6.45, 7) is 5.53. The lowest BCUT2D eigenvalue weighted by Crippen LogP contribution is -2.41.